The standard InChI is InChI=1S/C18H28N6/c1-3-9-24-11-8-21-17(24)14-23-10-4-5-15(13-23)12-16-18(19-2)22-7-6-20-16/h6-8,11,15H,3-5,9-10,12-14H2,1-2H3,(H,19,22)/t15-/m1/s1. The summed E-state index contributed by atoms with van der Waals surface area (Å²) in [6.07, 6.45) is 12.2. The molecule has 3 heterocycles. The lowest BCUT2D eigenvalue weighted by atomic mass is 9.93. The number of nitrogens with one attached hydrogen (secondary N) is 1. The normalized spacial score (nSPS) is 18.7. The van der Waals surface area contributed by atoms with Crippen molar-refractivity contribution in [1.29, 1.82) is 0 Å². The molecule has 0 saturated carbocycles. The fourth-order valence-corrected chi connectivity index (χ4v) is 3.60. The van der Waals surface area contributed by atoms with Crippen molar-refractivity contribution < 1.29 is 0 Å². The summed E-state index contributed by atoms with van der Waals surface area (Å²) in [6, 6.07) is 0. The van der Waals surface area contributed by atoms with Gasteiger partial charge in [0, 0.05) is 44.9 Å². The van der Waals surface area contributed by atoms with Gasteiger partial charge in [-0.2, -0.15) is 0 Å². The third kappa shape index (κ3) is 4.12. The fourth-order valence-electron chi connectivity index (χ4n) is 3.60. The Bertz CT molecular complexity index is 638. The molecule has 3 rings (SSSR count). The van der Waals surface area contributed by atoms with Crippen molar-refractivity contribution in [3.63, 3.8) is 0 Å². The predicted molar refractivity (Wildman–Crippen MR) is 95.8 cm³/mol. The molecule has 1 N–H and O–H groups in total. The molecule has 0 spiro atoms. The highest BCUT2D eigenvalue weighted by Crippen LogP contribution is 2.23. The van der Waals surface area contributed by atoms with E-state index in [9.17, 15) is 0 Å². The first-order chi connectivity index (χ1) is 11.8. The number of imidazole rings is 1. The number of hydrogen-bond donors (Lipinski definition) is 1. The van der Waals surface area contributed by atoms with Gasteiger partial charge < -0.3 is 9.88 Å². The lowest BCUT2D eigenvalue weighted by Gasteiger charge is -2.32. The summed E-state index contributed by atoms with van der Waals surface area (Å²) >= 11 is 0. The van der Waals surface area contributed by atoms with Crippen LogP contribution in [0.4, 0.5) is 5.82 Å². The third-order valence-electron chi connectivity index (χ3n) is 4.73. The molecule has 1 aliphatic rings. The van der Waals surface area contributed by atoms with Crippen LogP contribution in [0.5, 0.6) is 0 Å². The second-order valence-corrected chi connectivity index (χ2v) is 6.59. The first-order valence-electron chi connectivity index (χ1n) is 9.00. The van der Waals surface area contributed by atoms with Crippen molar-refractivity contribution in [2.24, 2.45) is 5.92 Å². The van der Waals surface area contributed by atoms with Gasteiger partial charge in [-0.1, -0.05) is 6.92 Å². The van der Waals surface area contributed by atoms with Crippen LogP contribution in [0.15, 0.2) is 24.8 Å². The van der Waals surface area contributed by atoms with Gasteiger partial charge in [-0.15, -0.1) is 0 Å². The summed E-state index contributed by atoms with van der Waals surface area (Å²) in [6.45, 7) is 6.48. The van der Waals surface area contributed by atoms with Gasteiger partial charge in [0.2, 0.25) is 0 Å². The maximum Gasteiger partial charge on any atom is 0.147 e. The van der Waals surface area contributed by atoms with Crippen LogP contribution in [0.2, 0.25) is 0 Å². The number of aromatic nitrogens is 4. The average Bonchev–Trinajstić information content (AvgIpc) is 3.03. The van der Waals surface area contributed by atoms with Gasteiger partial charge in [-0.05, 0) is 38.1 Å². The number of likely N-dealkylation sites (tertiary alicyclic amines) is 1. The summed E-state index contributed by atoms with van der Waals surface area (Å²) < 4.78 is 2.28. The number of aryl methyl sites for hydroxylation is 1. The Morgan fingerprint density at radius 2 is 2.08 bits per heavy atom. The first kappa shape index (κ1) is 16.9. The minimum atomic E-state index is 0.636. The molecule has 0 aliphatic carbocycles. The van der Waals surface area contributed by atoms with Crippen LogP contribution in [0.25, 0.3) is 0 Å². The molecule has 1 aliphatic heterocycles. The third-order valence-corrected chi connectivity index (χ3v) is 4.73. The molecule has 2 aromatic heterocycles. The van der Waals surface area contributed by atoms with Crippen molar-refractivity contribution in [2.45, 2.75) is 45.7 Å². The molecule has 0 bridgehead atoms. The van der Waals surface area contributed by atoms with E-state index in [2.05, 4.69) is 42.9 Å². The van der Waals surface area contributed by atoms with Gasteiger partial charge in [0.05, 0.1) is 12.2 Å². The minimum Gasteiger partial charge on any atom is -0.372 e. The second-order valence-electron chi connectivity index (χ2n) is 6.59. The molecule has 130 valence electrons. The van der Waals surface area contributed by atoms with Crippen molar-refractivity contribution in [3.8, 4) is 0 Å². The van der Waals surface area contributed by atoms with E-state index in [-0.39, 0.29) is 0 Å². The molecule has 0 radical (unpaired) electrons. The molecule has 1 fully saturated rings. The molecular formula is C18H28N6. The number of hydrogen-bond acceptors (Lipinski definition) is 5. The first-order valence-corrected chi connectivity index (χ1v) is 9.00. The lowest BCUT2D eigenvalue weighted by Crippen LogP contribution is -2.36. The summed E-state index contributed by atoms with van der Waals surface area (Å²) in [4.78, 5) is 16.0. The molecule has 1 atom stereocenters. The van der Waals surface area contributed by atoms with E-state index in [4.69, 9.17) is 0 Å². The highest BCUT2D eigenvalue weighted by molar-refractivity contribution is 5.38. The van der Waals surface area contributed by atoms with E-state index >= 15 is 0 Å². The highest BCUT2D eigenvalue weighted by Gasteiger charge is 2.22. The summed E-state index contributed by atoms with van der Waals surface area (Å²) in [5.41, 5.74) is 1.08. The number of rotatable bonds is 7. The van der Waals surface area contributed by atoms with Crippen LogP contribution in [0, 0.1) is 5.92 Å². The van der Waals surface area contributed by atoms with Crippen LogP contribution >= 0.6 is 0 Å². The van der Waals surface area contributed by atoms with Gasteiger partial charge in [0.25, 0.3) is 0 Å². The molecule has 6 nitrogen and oxygen atoms in total. The Hall–Kier alpha value is -1.95. The van der Waals surface area contributed by atoms with Gasteiger partial charge in [0.1, 0.15) is 11.6 Å². The van der Waals surface area contributed by atoms with E-state index in [0.717, 1.165) is 50.5 Å². The zero-order chi connectivity index (χ0) is 16.8. The molecule has 0 amide bonds. The van der Waals surface area contributed by atoms with Crippen LogP contribution in [-0.2, 0) is 19.5 Å². The Kier molecular flexibility index (Phi) is 5.80. The molecule has 0 unspecified atom stereocenters. The maximum atomic E-state index is 4.55. The molecule has 24 heavy (non-hydrogen) atoms. The Morgan fingerprint density at radius 1 is 1.21 bits per heavy atom. The maximum absolute atomic E-state index is 4.55. The van der Waals surface area contributed by atoms with Gasteiger partial charge in [0.15, 0.2) is 0 Å². The smallest absolute Gasteiger partial charge is 0.147 e. The average molecular weight is 328 g/mol. The quantitative estimate of drug-likeness (QED) is 0.846. The second kappa shape index (κ2) is 8.24. The van der Waals surface area contributed by atoms with Crippen molar-refractivity contribution in [2.75, 3.05) is 25.5 Å². The summed E-state index contributed by atoms with van der Waals surface area (Å²) in [7, 11) is 1.91. The summed E-state index contributed by atoms with van der Waals surface area (Å²) in [5, 5.41) is 3.15. The zero-order valence-corrected chi connectivity index (χ0v) is 14.8. The number of nitrogens with zero attached hydrogens (tertiary/aromatic N) is 5. The highest BCUT2D eigenvalue weighted by atomic mass is 15.2. The monoisotopic (exact) mass is 328 g/mol. The van der Waals surface area contributed by atoms with Crippen LogP contribution in [-0.4, -0.2) is 44.6 Å². The number of anilines is 1. The number of piperidine rings is 1. The van der Waals surface area contributed by atoms with Crippen molar-refractivity contribution >= 4 is 5.82 Å². The van der Waals surface area contributed by atoms with Gasteiger partial charge in [-0.25, -0.2) is 9.97 Å². The predicted octanol–water partition coefficient (Wildman–Crippen LogP) is 2.58. The van der Waals surface area contributed by atoms with Crippen LogP contribution < -0.4 is 5.32 Å². The van der Waals surface area contributed by atoms with E-state index in [1.807, 2.05) is 13.2 Å². The summed E-state index contributed by atoms with van der Waals surface area (Å²) in [5.74, 6) is 2.73. The molecule has 1 saturated heterocycles. The largest absolute Gasteiger partial charge is 0.372 e. The van der Waals surface area contributed by atoms with Crippen LogP contribution in [0.3, 0.4) is 0 Å². The Labute approximate surface area is 144 Å². The van der Waals surface area contributed by atoms with Crippen molar-refractivity contribution in [1.82, 2.24) is 24.4 Å². The lowest BCUT2D eigenvalue weighted by molar-refractivity contribution is 0.161. The fraction of sp³-hybridized carbons (Fsp3) is 0.611. The molecule has 0 aromatic carbocycles. The van der Waals surface area contributed by atoms with Gasteiger partial charge >= 0.3 is 0 Å². The van der Waals surface area contributed by atoms with E-state index < -0.39 is 0 Å². The molecule has 6 heteroatoms. The van der Waals surface area contributed by atoms with E-state index in [0.29, 0.717) is 5.92 Å². The van der Waals surface area contributed by atoms with E-state index in [1.165, 1.54) is 18.7 Å². The van der Waals surface area contributed by atoms with E-state index in [1.54, 1.807) is 12.4 Å². The Balaban J connectivity index is 1.61. The van der Waals surface area contributed by atoms with Gasteiger partial charge in [-0.3, -0.25) is 9.88 Å². The van der Waals surface area contributed by atoms with Crippen LogP contribution in [0.1, 0.15) is 37.7 Å². The Morgan fingerprint density at radius 3 is 2.92 bits per heavy atom. The molecule has 2 aromatic rings. The SMILES string of the molecule is CCCn1ccnc1CN1CCC[C@H](Cc2nccnc2NC)C1. The van der Waals surface area contributed by atoms with Crippen molar-refractivity contribution in [3.05, 3.63) is 36.3 Å². The minimum absolute atomic E-state index is 0.636. The topological polar surface area (TPSA) is 58.9 Å². The molecular weight excluding hydrogens is 300 g/mol. The zero-order valence-electron chi connectivity index (χ0n) is 14.8.